The standard InChI is InChI=1S/C40H45NO7/c1-2-41-35(42)18-28-26-9-8-24-25-10-11-27(38(24)40(26)30(28)15-22-7-13-32-34(17-22)48-20-46-32)37-23(4-3-5-36(43)44)29(39(25)37)14-21-6-12-31-33(16-21)47-19-45-31/h6-13,16-17,23-30,37-40H,2-5,14-15,18-20H2,1H3,(H,41,42)(H,43,44). The Bertz CT molecular complexity index is 1670. The van der Waals surface area contributed by atoms with Gasteiger partial charge in [0.05, 0.1) is 0 Å². The van der Waals surface area contributed by atoms with E-state index in [4.69, 9.17) is 18.9 Å². The van der Waals surface area contributed by atoms with Crippen LogP contribution in [0.5, 0.6) is 23.0 Å². The van der Waals surface area contributed by atoms with E-state index in [1.54, 1.807) is 0 Å². The van der Waals surface area contributed by atoms with Crippen LogP contribution in [0.15, 0.2) is 60.7 Å². The molecule has 0 radical (unpaired) electrons. The molecule has 1 amide bonds. The van der Waals surface area contributed by atoms with Crippen LogP contribution in [-0.4, -0.2) is 37.1 Å². The van der Waals surface area contributed by atoms with Crippen LogP contribution in [0.4, 0.5) is 0 Å². The van der Waals surface area contributed by atoms with Crippen molar-refractivity contribution in [1.29, 1.82) is 0 Å². The third-order valence-electron chi connectivity index (χ3n) is 13.3. The largest absolute Gasteiger partial charge is 0.481 e. The SMILES string of the molecule is CCNC(=O)CC1C2C=CC3C4C=CC(C3C2C1Cc1ccc2c(c1)OCO2)C1C(CCCC(=O)O)C(Cc2ccc3c(c2)OCO3)C41. The van der Waals surface area contributed by atoms with Gasteiger partial charge in [-0.1, -0.05) is 36.4 Å². The Labute approximate surface area is 281 Å². The molecule has 2 heterocycles. The Hall–Kier alpha value is -3.94. The Kier molecular flexibility index (Phi) is 7.46. The van der Waals surface area contributed by atoms with E-state index in [0.29, 0.717) is 84.0 Å². The lowest BCUT2D eigenvalue weighted by molar-refractivity contribution is -0.191. The summed E-state index contributed by atoms with van der Waals surface area (Å²) in [6, 6.07) is 12.7. The number of hydrogen-bond donors (Lipinski definition) is 2. The molecule has 8 nitrogen and oxygen atoms in total. The van der Waals surface area contributed by atoms with Gasteiger partial charge in [-0.2, -0.15) is 0 Å². The first-order valence-corrected chi connectivity index (χ1v) is 18.1. The summed E-state index contributed by atoms with van der Waals surface area (Å²) in [5, 5.41) is 12.6. The van der Waals surface area contributed by atoms with Gasteiger partial charge < -0.3 is 29.4 Å². The van der Waals surface area contributed by atoms with Crippen LogP contribution in [-0.2, 0) is 22.4 Å². The Balaban J connectivity index is 1.01. The summed E-state index contributed by atoms with van der Waals surface area (Å²) in [6.07, 6.45) is 14.5. The number of carbonyl (C=O) groups is 2. The fourth-order valence-corrected chi connectivity index (χ4v) is 11.6. The second-order valence-corrected chi connectivity index (χ2v) is 15.3. The molecule has 8 aliphatic rings. The number of carboxylic acid groups (broad SMARTS) is 1. The van der Waals surface area contributed by atoms with Crippen LogP contribution < -0.4 is 24.3 Å². The number of nitrogens with one attached hydrogen (secondary N) is 1. The predicted molar refractivity (Wildman–Crippen MR) is 177 cm³/mol. The molecule has 2 aromatic rings. The predicted octanol–water partition coefficient (Wildman–Crippen LogP) is 6.29. The zero-order valence-corrected chi connectivity index (χ0v) is 27.5. The third-order valence-corrected chi connectivity index (χ3v) is 13.3. The molecule has 2 bridgehead atoms. The molecule has 3 fully saturated rings. The highest BCUT2D eigenvalue weighted by molar-refractivity contribution is 5.76. The topological polar surface area (TPSA) is 103 Å². The molecule has 2 aliphatic heterocycles. The van der Waals surface area contributed by atoms with E-state index in [-0.39, 0.29) is 25.9 Å². The summed E-state index contributed by atoms with van der Waals surface area (Å²) in [6.45, 7) is 3.18. The molecular formula is C40H45NO7. The van der Waals surface area contributed by atoms with Crippen molar-refractivity contribution in [2.24, 2.45) is 71.0 Å². The first kappa shape index (κ1) is 30.1. The summed E-state index contributed by atoms with van der Waals surface area (Å²) in [7, 11) is 0. The highest BCUT2D eigenvalue weighted by atomic mass is 16.7. The molecule has 8 heteroatoms. The van der Waals surface area contributed by atoms with Gasteiger partial charge in [0.25, 0.3) is 0 Å². The van der Waals surface area contributed by atoms with Crippen molar-refractivity contribution < 1.29 is 33.6 Å². The van der Waals surface area contributed by atoms with Gasteiger partial charge in [-0.05, 0) is 139 Å². The van der Waals surface area contributed by atoms with Gasteiger partial charge in [-0.3, -0.25) is 9.59 Å². The molecule has 0 aromatic heterocycles. The molecule has 2 aromatic carbocycles. The van der Waals surface area contributed by atoms with Crippen molar-refractivity contribution in [3.05, 3.63) is 71.8 Å². The lowest BCUT2D eigenvalue weighted by Gasteiger charge is -2.71. The van der Waals surface area contributed by atoms with Crippen LogP contribution in [0.3, 0.4) is 0 Å². The fourth-order valence-electron chi connectivity index (χ4n) is 11.6. The second kappa shape index (κ2) is 11.9. The van der Waals surface area contributed by atoms with Gasteiger partial charge in [0.1, 0.15) is 0 Å². The van der Waals surface area contributed by atoms with Gasteiger partial charge in [-0.15, -0.1) is 0 Å². The molecule has 2 N–H and O–H groups in total. The third kappa shape index (κ3) is 4.84. The quantitative estimate of drug-likeness (QED) is 0.276. The Morgan fingerprint density at radius 2 is 1.23 bits per heavy atom. The van der Waals surface area contributed by atoms with Crippen molar-refractivity contribution >= 4 is 11.9 Å². The van der Waals surface area contributed by atoms with E-state index in [0.717, 1.165) is 48.7 Å². The zero-order chi connectivity index (χ0) is 32.5. The smallest absolute Gasteiger partial charge is 0.303 e. The molecule has 252 valence electrons. The number of carboxylic acids is 1. The molecular weight excluding hydrogens is 606 g/mol. The maximum Gasteiger partial charge on any atom is 0.303 e. The maximum atomic E-state index is 13.0. The van der Waals surface area contributed by atoms with Gasteiger partial charge in [-0.25, -0.2) is 0 Å². The monoisotopic (exact) mass is 651 g/mol. The molecule has 12 atom stereocenters. The van der Waals surface area contributed by atoms with Gasteiger partial charge >= 0.3 is 5.97 Å². The summed E-state index contributed by atoms with van der Waals surface area (Å²) in [5.41, 5.74) is 2.53. The number of ether oxygens (including phenoxy) is 4. The lowest BCUT2D eigenvalue weighted by atomic mass is 9.33. The van der Waals surface area contributed by atoms with E-state index in [2.05, 4.69) is 53.9 Å². The van der Waals surface area contributed by atoms with Gasteiger partial charge in [0.2, 0.25) is 19.5 Å². The highest BCUT2D eigenvalue weighted by Crippen LogP contribution is 2.71. The lowest BCUT2D eigenvalue weighted by Crippen LogP contribution is -2.67. The number of hydrogen-bond acceptors (Lipinski definition) is 6. The van der Waals surface area contributed by atoms with Gasteiger partial charge in [0, 0.05) is 19.4 Å². The number of benzene rings is 2. The van der Waals surface area contributed by atoms with Crippen molar-refractivity contribution in [2.75, 3.05) is 20.1 Å². The second-order valence-electron chi connectivity index (χ2n) is 15.3. The zero-order valence-electron chi connectivity index (χ0n) is 27.5. The first-order chi connectivity index (χ1) is 23.5. The van der Waals surface area contributed by atoms with Crippen LogP contribution in [0.1, 0.15) is 43.7 Å². The number of aliphatic carboxylic acids is 1. The van der Waals surface area contributed by atoms with Crippen LogP contribution in [0.25, 0.3) is 0 Å². The van der Waals surface area contributed by atoms with Crippen LogP contribution in [0.2, 0.25) is 0 Å². The van der Waals surface area contributed by atoms with Crippen molar-refractivity contribution in [2.45, 2.75) is 45.4 Å². The molecule has 0 saturated heterocycles. The van der Waals surface area contributed by atoms with E-state index in [9.17, 15) is 14.7 Å². The van der Waals surface area contributed by atoms with E-state index in [1.165, 1.54) is 11.1 Å². The summed E-state index contributed by atoms with van der Waals surface area (Å²) < 4.78 is 22.6. The van der Waals surface area contributed by atoms with Crippen molar-refractivity contribution in [3.8, 4) is 23.0 Å². The highest BCUT2D eigenvalue weighted by Gasteiger charge is 2.67. The van der Waals surface area contributed by atoms with E-state index >= 15 is 0 Å². The van der Waals surface area contributed by atoms with E-state index in [1.807, 2.05) is 19.1 Å². The van der Waals surface area contributed by atoms with Crippen molar-refractivity contribution in [1.82, 2.24) is 5.32 Å². The Morgan fingerprint density at radius 1 is 0.688 bits per heavy atom. The molecule has 6 aliphatic carbocycles. The summed E-state index contributed by atoms with van der Waals surface area (Å²) >= 11 is 0. The minimum Gasteiger partial charge on any atom is -0.481 e. The number of fused-ring (bicyclic) bond motifs is 3. The number of carbonyl (C=O) groups excluding carboxylic acids is 1. The van der Waals surface area contributed by atoms with Crippen molar-refractivity contribution in [3.63, 3.8) is 0 Å². The molecule has 10 rings (SSSR count). The molecule has 0 spiro atoms. The van der Waals surface area contributed by atoms with Crippen LogP contribution >= 0.6 is 0 Å². The average molecular weight is 652 g/mol. The fraction of sp³-hybridized carbons (Fsp3) is 0.550. The molecule has 12 unspecified atom stereocenters. The molecule has 3 saturated carbocycles. The maximum absolute atomic E-state index is 13.0. The minimum absolute atomic E-state index is 0.154. The summed E-state index contributed by atoms with van der Waals surface area (Å²) in [4.78, 5) is 24.5. The number of allylic oxidation sites excluding steroid dienone is 4. The van der Waals surface area contributed by atoms with Crippen LogP contribution in [0, 0.1) is 71.0 Å². The molecule has 48 heavy (non-hydrogen) atoms. The minimum atomic E-state index is -0.706. The number of amides is 1. The first-order valence-electron chi connectivity index (χ1n) is 18.1. The average Bonchev–Trinajstić information content (AvgIpc) is 3.75. The Morgan fingerprint density at radius 3 is 1.88 bits per heavy atom. The van der Waals surface area contributed by atoms with Gasteiger partial charge in [0.15, 0.2) is 23.0 Å². The summed E-state index contributed by atoms with van der Waals surface area (Å²) in [5.74, 6) is 8.61. The number of rotatable bonds is 11. The van der Waals surface area contributed by atoms with E-state index < -0.39 is 5.97 Å². The normalized spacial score (nSPS) is 36.8.